The molecule has 7 heteroatoms. The SMILES string of the molecule is COC1CCC2(CC1)Cc1ccc(C#CC3CC3)cc1C21N=C(N)N(C(C)c2cccnn2)C1=O. The van der Waals surface area contributed by atoms with E-state index in [1.165, 1.54) is 18.4 Å². The van der Waals surface area contributed by atoms with Crippen LogP contribution in [0.1, 0.15) is 73.9 Å². The molecule has 2 aromatic rings. The molecule has 35 heavy (non-hydrogen) atoms. The summed E-state index contributed by atoms with van der Waals surface area (Å²) >= 11 is 0. The first-order valence-electron chi connectivity index (χ1n) is 12.6. The predicted molar refractivity (Wildman–Crippen MR) is 132 cm³/mol. The first-order chi connectivity index (χ1) is 17.0. The summed E-state index contributed by atoms with van der Waals surface area (Å²) in [5, 5.41) is 8.25. The standard InChI is InChI=1S/C28H31N5O2/c1-18(24-4-3-15-30-32-24)33-25(34)28(31-26(33)29)23-16-20(8-7-19-5-6-19)9-10-21(23)17-27(28)13-11-22(35-2)12-14-27/h3-4,9-10,15-16,18-19,22H,5-6,11-14,17H2,1-2H3,(H2,29,31). The number of fused-ring (bicyclic) bond motifs is 3. The van der Waals surface area contributed by atoms with Crippen molar-refractivity contribution in [1.29, 1.82) is 0 Å². The highest BCUT2D eigenvalue weighted by Crippen LogP contribution is 2.62. The lowest BCUT2D eigenvalue weighted by Gasteiger charge is -2.45. The van der Waals surface area contributed by atoms with E-state index in [1.807, 2.05) is 19.1 Å². The van der Waals surface area contributed by atoms with Crippen LogP contribution in [0.2, 0.25) is 0 Å². The Morgan fingerprint density at radius 2 is 2.00 bits per heavy atom. The summed E-state index contributed by atoms with van der Waals surface area (Å²) in [5.74, 6) is 7.41. The second-order valence-electron chi connectivity index (χ2n) is 10.5. The maximum absolute atomic E-state index is 14.5. The number of benzene rings is 1. The van der Waals surface area contributed by atoms with Crippen molar-refractivity contribution in [3.63, 3.8) is 0 Å². The van der Waals surface area contributed by atoms with Crippen LogP contribution in [0.4, 0.5) is 0 Å². The van der Waals surface area contributed by atoms with Crippen LogP contribution in [0.3, 0.4) is 0 Å². The Balaban J connectivity index is 1.46. The molecule has 0 saturated heterocycles. The normalized spacial score (nSPS) is 30.2. The molecule has 3 aliphatic carbocycles. The third-order valence-corrected chi connectivity index (χ3v) is 8.48. The van der Waals surface area contributed by atoms with Crippen molar-refractivity contribution in [2.45, 2.75) is 69.6 Å². The van der Waals surface area contributed by atoms with E-state index in [0.717, 1.165) is 43.2 Å². The van der Waals surface area contributed by atoms with E-state index < -0.39 is 5.54 Å². The summed E-state index contributed by atoms with van der Waals surface area (Å²) in [5.41, 5.74) is 8.97. The highest BCUT2D eigenvalue weighted by Gasteiger charge is 2.67. The smallest absolute Gasteiger partial charge is 0.263 e. The first-order valence-corrected chi connectivity index (χ1v) is 12.6. The van der Waals surface area contributed by atoms with Crippen molar-refractivity contribution in [1.82, 2.24) is 15.1 Å². The summed E-state index contributed by atoms with van der Waals surface area (Å²) in [4.78, 5) is 21.3. The average molecular weight is 470 g/mol. The second kappa shape index (κ2) is 8.17. The number of rotatable bonds is 3. The lowest BCUT2D eigenvalue weighted by Crippen LogP contribution is -2.52. The lowest BCUT2D eigenvalue weighted by molar-refractivity contribution is -0.139. The van der Waals surface area contributed by atoms with Crippen molar-refractivity contribution >= 4 is 11.9 Å². The van der Waals surface area contributed by atoms with Crippen LogP contribution in [0.15, 0.2) is 41.5 Å². The van der Waals surface area contributed by atoms with Gasteiger partial charge in [-0.2, -0.15) is 10.2 Å². The van der Waals surface area contributed by atoms with Gasteiger partial charge in [-0.25, -0.2) is 4.99 Å². The first kappa shape index (κ1) is 22.2. The number of aliphatic imine (C=N–C) groups is 1. The van der Waals surface area contributed by atoms with Crippen molar-refractivity contribution in [3.8, 4) is 11.8 Å². The Morgan fingerprint density at radius 3 is 2.69 bits per heavy atom. The molecule has 6 rings (SSSR count). The number of aromatic nitrogens is 2. The third kappa shape index (κ3) is 3.38. The summed E-state index contributed by atoms with van der Waals surface area (Å²) in [6, 6.07) is 9.68. The Bertz CT molecular complexity index is 1250. The molecule has 1 amide bonds. The fourth-order valence-electron chi connectivity index (χ4n) is 6.37. The summed E-state index contributed by atoms with van der Waals surface area (Å²) < 4.78 is 5.68. The molecule has 180 valence electrons. The molecule has 2 unspecified atom stereocenters. The van der Waals surface area contributed by atoms with Crippen molar-refractivity contribution < 1.29 is 9.53 Å². The summed E-state index contributed by atoms with van der Waals surface area (Å²) in [7, 11) is 1.77. The van der Waals surface area contributed by atoms with Gasteiger partial charge in [-0.3, -0.25) is 9.69 Å². The van der Waals surface area contributed by atoms with Crippen LogP contribution in [0.5, 0.6) is 0 Å². The van der Waals surface area contributed by atoms with E-state index in [2.05, 4.69) is 40.2 Å². The van der Waals surface area contributed by atoms with Crippen molar-refractivity contribution in [2.75, 3.05) is 7.11 Å². The number of hydrogen-bond donors (Lipinski definition) is 1. The molecule has 7 nitrogen and oxygen atoms in total. The van der Waals surface area contributed by atoms with Gasteiger partial charge < -0.3 is 10.5 Å². The van der Waals surface area contributed by atoms with E-state index in [-0.39, 0.29) is 29.4 Å². The lowest BCUT2D eigenvalue weighted by atomic mass is 9.61. The third-order valence-electron chi connectivity index (χ3n) is 8.48. The molecule has 2 N–H and O–H groups in total. The van der Waals surface area contributed by atoms with Crippen LogP contribution in [-0.2, 0) is 21.5 Å². The minimum atomic E-state index is -1.04. The van der Waals surface area contributed by atoms with Gasteiger partial charge in [0.2, 0.25) is 0 Å². The number of guanidine groups is 1. The maximum atomic E-state index is 14.5. The quantitative estimate of drug-likeness (QED) is 0.695. The van der Waals surface area contributed by atoms with Gasteiger partial charge in [-0.05, 0) is 87.3 Å². The zero-order valence-electron chi connectivity index (χ0n) is 20.3. The number of nitrogens with zero attached hydrogens (tertiary/aromatic N) is 4. The van der Waals surface area contributed by atoms with Gasteiger partial charge in [0, 0.05) is 30.2 Å². The van der Waals surface area contributed by atoms with Gasteiger partial charge in [-0.15, -0.1) is 0 Å². The largest absolute Gasteiger partial charge is 0.381 e. The number of methoxy groups -OCH3 is 1. The number of nitrogens with two attached hydrogens (primary N) is 1. The van der Waals surface area contributed by atoms with Crippen LogP contribution in [0.25, 0.3) is 0 Å². The van der Waals surface area contributed by atoms with Gasteiger partial charge in [-0.1, -0.05) is 17.9 Å². The van der Waals surface area contributed by atoms with E-state index in [9.17, 15) is 4.79 Å². The fourth-order valence-corrected chi connectivity index (χ4v) is 6.37. The number of amides is 1. The Hall–Kier alpha value is -3.24. The highest BCUT2D eigenvalue weighted by atomic mass is 16.5. The van der Waals surface area contributed by atoms with E-state index in [1.54, 1.807) is 18.2 Å². The number of ether oxygens (including phenoxy) is 1. The average Bonchev–Trinajstić information content (AvgIpc) is 3.63. The molecular formula is C28H31N5O2. The highest BCUT2D eigenvalue weighted by molar-refractivity contribution is 6.08. The molecule has 2 heterocycles. The van der Waals surface area contributed by atoms with Gasteiger partial charge >= 0.3 is 0 Å². The zero-order chi connectivity index (χ0) is 24.2. The minimum Gasteiger partial charge on any atom is -0.381 e. The fraction of sp³-hybridized carbons (Fsp3) is 0.500. The second-order valence-corrected chi connectivity index (χ2v) is 10.5. The van der Waals surface area contributed by atoms with E-state index in [4.69, 9.17) is 15.5 Å². The van der Waals surface area contributed by atoms with Gasteiger partial charge in [0.15, 0.2) is 11.5 Å². The van der Waals surface area contributed by atoms with Crippen molar-refractivity contribution in [2.24, 2.45) is 22.1 Å². The molecule has 2 saturated carbocycles. The van der Waals surface area contributed by atoms with Gasteiger partial charge in [0.05, 0.1) is 17.8 Å². The Labute approximate surface area is 206 Å². The summed E-state index contributed by atoms with van der Waals surface area (Å²) in [6.07, 6.45) is 8.55. The van der Waals surface area contributed by atoms with Crippen LogP contribution < -0.4 is 5.73 Å². The Kier molecular flexibility index (Phi) is 5.19. The molecular weight excluding hydrogens is 438 g/mol. The molecule has 1 aromatic carbocycles. The number of carbonyl (C=O) groups is 1. The van der Waals surface area contributed by atoms with E-state index >= 15 is 0 Å². The molecule has 2 fully saturated rings. The molecule has 1 aromatic heterocycles. The molecule has 4 aliphatic rings. The number of carbonyl (C=O) groups excluding carboxylic acids is 1. The molecule has 1 aliphatic heterocycles. The topological polar surface area (TPSA) is 93.7 Å². The van der Waals surface area contributed by atoms with Crippen LogP contribution in [0, 0.1) is 23.2 Å². The molecule has 0 radical (unpaired) electrons. The van der Waals surface area contributed by atoms with Crippen LogP contribution in [-0.4, -0.2) is 40.2 Å². The van der Waals surface area contributed by atoms with Crippen molar-refractivity contribution in [3.05, 3.63) is 58.9 Å². The minimum absolute atomic E-state index is 0.0601. The predicted octanol–water partition coefficient (Wildman–Crippen LogP) is 3.48. The molecule has 2 atom stereocenters. The van der Waals surface area contributed by atoms with E-state index in [0.29, 0.717) is 11.6 Å². The van der Waals surface area contributed by atoms with Gasteiger partial charge in [0.1, 0.15) is 0 Å². The summed E-state index contributed by atoms with van der Waals surface area (Å²) in [6.45, 7) is 1.94. The Morgan fingerprint density at radius 1 is 1.20 bits per heavy atom. The molecule has 2 spiro atoms. The maximum Gasteiger partial charge on any atom is 0.263 e. The number of hydrogen-bond acceptors (Lipinski definition) is 6. The van der Waals surface area contributed by atoms with Gasteiger partial charge in [0.25, 0.3) is 5.91 Å². The monoisotopic (exact) mass is 469 g/mol. The van der Waals surface area contributed by atoms with Crippen LogP contribution >= 0.6 is 0 Å². The molecule has 0 bridgehead atoms. The zero-order valence-corrected chi connectivity index (χ0v) is 20.3.